The standard InChI is InChI=1S/C10H8BrN3O2/c1-15-6-2-3-12-10-8(6)9-13-4-7(11)14(9)5-16-10/h2-4H,5H2,1H3. The zero-order chi connectivity index (χ0) is 11.1. The summed E-state index contributed by atoms with van der Waals surface area (Å²) in [5.41, 5.74) is 0.793. The van der Waals surface area contributed by atoms with E-state index in [0.717, 1.165) is 16.0 Å². The normalized spacial score (nSPS) is 12.6. The van der Waals surface area contributed by atoms with Crippen LogP contribution in [0.1, 0.15) is 0 Å². The summed E-state index contributed by atoms with van der Waals surface area (Å²) in [5.74, 6) is 2.08. The minimum Gasteiger partial charge on any atom is -0.496 e. The van der Waals surface area contributed by atoms with Gasteiger partial charge in [0.25, 0.3) is 0 Å². The molecule has 0 bridgehead atoms. The first-order valence-electron chi connectivity index (χ1n) is 4.68. The Labute approximate surface area is 100 Å². The van der Waals surface area contributed by atoms with Crippen LogP contribution in [0.2, 0.25) is 0 Å². The maximum atomic E-state index is 5.53. The first-order valence-corrected chi connectivity index (χ1v) is 5.47. The molecule has 2 aromatic heterocycles. The number of halogens is 1. The zero-order valence-electron chi connectivity index (χ0n) is 8.48. The molecule has 5 nitrogen and oxygen atoms in total. The molecule has 3 heterocycles. The van der Waals surface area contributed by atoms with E-state index in [9.17, 15) is 0 Å². The fraction of sp³-hybridized carbons (Fsp3) is 0.200. The van der Waals surface area contributed by atoms with Crippen LogP contribution in [0.4, 0.5) is 0 Å². The van der Waals surface area contributed by atoms with E-state index in [0.29, 0.717) is 18.4 Å². The molecular formula is C10H8BrN3O2. The lowest BCUT2D eigenvalue weighted by atomic mass is 10.2. The summed E-state index contributed by atoms with van der Waals surface area (Å²) in [6.07, 6.45) is 3.39. The Kier molecular flexibility index (Phi) is 2.10. The Morgan fingerprint density at radius 2 is 2.38 bits per heavy atom. The molecule has 2 aromatic rings. The Balaban J connectivity index is 2.29. The minimum absolute atomic E-state index is 0.406. The Morgan fingerprint density at radius 1 is 1.50 bits per heavy atom. The van der Waals surface area contributed by atoms with Gasteiger partial charge in [-0.05, 0) is 22.0 Å². The molecule has 16 heavy (non-hydrogen) atoms. The van der Waals surface area contributed by atoms with Crippen LogP contribution in [0, 0.1) is 0 Å². The van der Waals surface area contributed by atoms with E-state index in [1.165, 1.54) is 0 Å². The molecule has 6 heteroatoms. The van der Waals surface area contributed by atoms with Gasteiger partial charge in [0.2, 0.25) is 5.88 Å². The number of pyridine rings is 1. The molecule has 0 amide bonds. The lowest BCUT2D eigenvalue weighted by Crippen LogP contribution is -2.14. The molecule has 1 aliphatic heterocycles. The summed E-state index contributed by atoms with van der Waals surface area (Å²) in [6, 6.07) is 1.79. The van der Waals surface area contributed by atoms with Crippen molar-refractivity contribution in [3.63, 3.8) is 0 Å². The number of hydrogen-bond acceptors (Lipinski definition) is 4. The topological polar surface area (TPSA) is 49.2 Å². The highest BCUT2D eigenvalue weighted by Gasteiger charge is 2.24. The predicted octanol–water partition coefficient (Wildman–Crippen LogP) is 2.07. The van der Waals surface area contributed by atoms with E-state index in [1.54, 1.807) is 25.6 Å². The van der Waals surface area contributed by atoms with Gasteiger partial charge in [0.1, 0.15) is 15.9 Å². The van der Waals surface area contributed by atoms with Crippen LogP contribution in [0.5, 0.6) is 11.6 Å². The average Bonchev–Trinajstić information content (AvgIpc) is 2.70. The molecule has 82 valence electrons. The SMILES string of the molecule is COc1ccnc2c1-c1ncc(Br)n1CO2. The number of aromatic nitrogens is 3. The molecule has 3 rings (SSSR count). The highest BCUT2D eigenvalue weighted by atomic mass is 79.9. The largest absolute Gasteiger partial charge is 0.496 e. The van der Waals surface area contributed by atoms with Crippen molar-refractivity contribution in [2.24, 2.45) is 0 Å². The van der Waals surface area contributed by atoms with Crippen molar-refractivity contribution >= 4 is 15.9 Å². The van der Waals surface area contributed by atoms with Crippen molar-refractivity contribution in [2.75, 3.05) is 7.11 Å². The van der Waals surface area contributed by atoms with Gasteiger partial charge in [-0.15, -0.1) is 0 Å². The van der Waals surface area contributed by atoms with Gasteiger partial charge in [-0.3, -0.25) is 4.57 Å². The first kappa shape index (κ1) is 9.65. The highest BCUT2D eigenvalue weighted by molar-refractivity contribution is 9.10. The monoisotopic (exact) mass is 281 g/mol. The predicted molar refractivity (Wildman–Crippen MR) is 60.3 cm³/mol. The third-order valence-corrected chi connectivity index (χ3v) is 3.09. The summed E-state index contributed by atoms with van der Waals surface area (Å²) < 4.78 is 13.6. The quantitative estimate of drug-likeness (QED) is 0.803. The van der Waals surface area contributed by atoms with Gasteiger partial charge < -0.3 is 9.47 Å². The van der Waals surface area contributed by atoms with Crippen molar-refractivity contribution in [2.45, 2.75) is 6.73 Å². The molecule has 0 unspecified atom stereocenters. The molecule has 0 spiro atoms. The number of fused-ring (bicyclic) bond motifs is 3. The van der Waals surface area contributed by atoms with E-state index in [2.05, 4.69) is 25.9 Å². The summed E-state index contributed by atoms with van der Waals surface area (Å²) in [7, 11) is 1.62. The van der Waals surface area contributed by atoms with Crippen molar-refractivity contribution in [3.8, 4) is 23.0 Å². The summed E-state index contributed by atoms with van der Waals surface area (Å²) in [4.78, 5) is 8.49. The first-order chi connectivity index (χ1) is 7.81. The van der Waals surface area contributed by atoms with Gasteiger partial charge >= 0.3 is 0 Å². The van der Waals surface area contributed by atoms with Gasteiger partial charge in [-0.1, -0.05) is 0 Å². The van der Waals surface area contributed by atoms with Gasteiger partial charge in [-0.25, -0.2) is 9.97 Å². The molecule has 0 fully saturated rings. The second-order valence-electron chi connectivity index (χ2n) is 3.30. The van der Waals surface area contributed by atoms with Gasteiger partial charge in [0.15, 0.2) is 12.6 Å². The highest BCUT2D eigenvalue weighted by Crippen LogP contribution is 2.39. The fourth-order valence-electron chi connectivity index (χ4n) is 1.71. The van der Waals surface area contributed by atoms with E-state index in [-0.39, 0.29) is 0 Å². The van der Waals surface area contributed by atoms with Gasteiger partial charge in [0, 0.05) is 6.20 Å². The van der Waals surface area contributed by atoms with Crippen molar-refractivity contribution in [1.82, 2.24) is 14.5 Å². The number of rotatable bonds is 1. The molecule has 0 aliphatic carbocycles. The molecule has 0 atom stereocenters. The Hall–Kier alpha value is -1.56. The summed E-state index contributed by atoms with van der Waals surface area (Å²) >= 11 is 3.41. The number of imidazole rings is 1. The minimum atomic E-state index is 0.406. The molecule has 0 saturated heterocycles. The summed E-state index contributed by atoms with van der Waals surface area (Å²) in [6.45, 7) is 0.406. The molecule has 0 aromatic carbocycles. The second-order valence-corrected chi connectivity index (χ2v) is 4.11. The van der Waals surface area contributed by atoms with Crippen LogP contribution in [-0.2, 0) is 6.73 Å². The number of ether oxygens (including phenoxy) is 2. The van der Waals surface area contributed by atoms with Crippen molar-refractivity contribution < 1.29 is 9.47 Å². The van der Waals surface area contributed by atoms with Crippen molar-refractivity contribution in [1.29, 1.82) is 0 Å². The molecule has 1 aliphatic rings. The maximum Gasteiger partial charge on any atom is 0.230 e. The van der Waals surface area contributed by atoms with Crippen LogP contribution in [0.3, 0.4) is 0 Å². The lowest BCUT2D eigenvalue weighted by Gasteiger charge is -2.20. The van der Waals surface area contributed by atoms with Gasteiger partial charge in [-0.2, -0.15) is 0 Å². The number of nitrogens with zero attached hydrogens (tertiary/aromatic N) is 3. The Bertz CT molecular complexity index is 539. The van der Waals surface area contributed by atoms with Crippen LogP contribution in [-0.4, -0.2) is 21.6 Å². The van der Waals surface area contributed by atoms with Gasteiger partial charge in [0.05, 0.1) is 13.3 Å². The van der Waals surface area contributed by atoms with E-state index < -0.39 is 0 Å². The third kappa shape index (κ3) is 1.23. The van der Waals surface area contributed by atoms with Crippen LogP contribution in [0.25, 0.3) is 11.4 Å². The smallest absolute Gasteiger partial charge is 0.230 e. The zero-order valence-corrected chi connectivity index (χ0v) is 10.1. The third-order valence-electron chi connectivity index (χ3n) is 2.46. The van der Waals surface area contributed by atoms with Crippen LogP contribution >= 0.6 is 15.9 Å². The fourth-order valence-corrected chi connectivity index (χ4v) is 2.09. The van der Waals surface area contributed by atoms with Crippen LogP contribution < -0.4 is 9.47 Å². The molecule has 0 N–H and O–H groups in total. The molecule has 0 radical (unpaired) electrons. The van der Waals surface area contributed by atoms with E-state index in [4.69, 9.17) is 9.47 Å². The Morgan fingerprint density at radius 3 is 3.19 bits per heavy atom. The average molecular weight is 282 g/mol. The van der Waals surface area contributed by atoms with Crippen molar-refractivity contribution in [3.05, 3.63) is 23.1 Å². The van der Waals surface area contributed by atoms with E-state index in [1.807, 2.05) is 4.57 Å². The lowest BCUT2D eigenvalue weighted by molar-refractivity contribution is 0.216. The second kappa shape index (κ2) is 3.48. The molecular weight excluding hydrogens is 274 g/mol. The van der Waals surface area contributed by atoms with Crippen LogP contribution in [0.15, 0.2) is 23.1 Å². The number of methoxy groups -OCH3 is 1. The maximum absolute atomic E-state index is 5.53. The molecule has 0 saturated carbocycles. The van der Waals surface area contributed by atoms with E-state index >= 15 is 0 Å². The summed E-state index contributed by atoms with van der Waals surface area (Å²) in [5, 5.41) is 0. The number of hydrogen-bond donors (Lipinski definition) is 0.